The van der Waals surface area contributed by atoms with Gasteiger partial charge in [-0.2, -0.15) is 4.98 Å². The molecule has 0 saturated carbocycles. The molecule has 27 heavy (non-hydrogen) atoms. The average Bonchev–Trinajstić information content (AvgIpc) is 3.07. The molecule has 0 bridgehead atoms. The molecule has 1 aromatic carbocycles. The maximum atomic E-state index is 12.7. The molecular weight excluding hydrogens is 342 g/mol. The van der Waals surface area contributed by atoms with Gasteiger partial charge in [0.1, 0.15) is 17.0 Å². The summed E-state index contributed by atoms with van der Waals surface area (Å²) in [5.41, 5.74) is 2.38. The second-order valence-corrected chi connectivity index (χ2v) is 7.03. The van der Waals surface area contributed by atoms with Crippen LogP contribution < -0.4 is 10.2 Å². The van der Waals surface area contributed by atoms with Gasteiger partial charge < -0.3 is 14.7 Å². The van der Waals surface area contributed by atoms with E-state index in [1.807, 2.05) is 44.2 Å². The van der Waals surface area contributed by atoms with Gasteiger partial charge in [0, 0.05) is 19.6 Å². The first kappa shape index (κ1) is 17.5. The van der Waals surface area contributed by atoms with E-state index in [0.29, 0.717) is 24.6 Å². The van der Waals surface area contributed by atoms with Crippen LogP contribution in [0.2, 0.25) is 0 Å². The quantitative estimate of drug-likeness (QED) is 0.765. The van der Waals surface area contributed by atoms with Crippen molar-refractivity contribution in [2.75, 3.05) is 18.0 Å². The Labute approximate surface area is 157 Å². The number of aromatic nitrogens is 3. The van der Waals surface area contributed by atoms with Crippen molar-refractivity contribution in [3.05, 3.63) is 47.4 Å². The second-order valence-electron chi connectivity index (χ2n) is 7.03. The van der Waals surface area contributed by atoms with Crippen molar-refractivity contribution in [1.29, 1.82) is 0 Å². The molecule has 4 rings (SSSR count). The number of nitrogens with one attached hydrogen (secondary N) is 1. The zero-order chi connectivity index (χ0) is 18.8. The molecule has 2 aromatic heterocycles. The van der Waals surface area contributed by atoms with Crippen LogP contribution in [-0.4, -0.2) is 34.1 Å². The maximum Gasteiger partial charge on any atom is 0.263 e. The molecule has 1 atom stereocenters. The fourth-order valence-electron chi connectivity index (χ4n) is 3.61. The number of nitrogens with zero attached hydrogens (tertiary/aromatic N) is 4. The summed E-state index contributed by atoms with van der Waals surface area (Å²) in [5.74, 6) is 1.49. The SMILES string of the molecule is Cc1nc(N2CCC[C@H](C(=O)NCc3ccccc3)C2)c2c(C)noc2n1. The largest absolute Gasteiger partial charge is 0.355 e. The first-order valence-corrected chi connectivity index (χ1v) is 9.29. The van der Waals surface area contributed by atoms with Gasteiger partial charge in [0.25, 0.3) is 5.71 Å². The van der Waals surface area contributed by atoms with Gasteiger partial charge in [0.15, 0.2) is 0 Å². The Balaban J connectivity index is 1.50. The van der Waals surface area contributed by atoms with Crippen LogP contribution >= 0.6 is 0 Å². The highest BCUT2D eigenvalue weighted by atomic mass is 16.5. The molecular formula is C20H23N5O2. The van der Waals surface area contributed by atoms with Crippen molar-refractivity contribution in [2.45, 2.75) is 33.2 Å². The summed E-state index contributed by atoms with van der Waals surface area (Å²) in [6, 6.07) is 9.97. The Kier molecular flexibility index (Phi) is 4.75. The molecule has 140 valence electrons. The van der Waals surface area contributed by atoms with Crippen LogP contribution in [-0.2, 0) is 11.3 Å². The lowest BCUT2D eigenvalue weighted by atomic mass is 9.96. The van der Waals surface area contributed by atoms with E-state index >= 15 is 0 Å². The zero-order valence-electron chi connectivity index (χ0n) is 15.6. The fourth-order valence-corrected chi connectivity index (χ4v) is 3.61. The van der Waals surface area contributed by atoms with Crippen LogP contribution in [0.4, 0.5) is 5.82 Å². The van der Waals surface area contributed by atoms with Gasteiger partial charge in [-0.15, -0.1) is 0 Å². The summed E-state index contributed by atoms with van der Waals surface area (Å²) in [6.07, 6.45) is 1.82. The molecule has 0 aliphatic carbocycles. The number of amides is 1. The summed E-state index contributed by atoms with van der Waals surface area (Å²) >= 11 is 0. The molecule has 0 radical (unpaired) electrons. The number of benzene rings is 1. The summed E-state index contributed by atoms with van der Waals surface area (Å²) in [5, 5.41) is 7.93. The van der Waals surface area contributed by atoms with Gasteiger partial charge in [-0.05, 0) is 32.3 Å². The number of hydrogen-bond acceptors (Lipinski definition) is 6. The van der Waals surface area contributed by atoms with Gasteiger partial charge in [0.2, 0.25) is 5.91 Å². The Morgan fingerprint density at radius 2 is 2.07 bits per heavy atom. The third kappa shape index (κ3) is 3.63. The number of carbonyl (C=O) groups excluding carboxylic acids is 1. The Bertz CT molecular complexity index is 954. The van der Waals surface area contributed by atoms with Crippen LogP contribution in [0.15, 0.2) is 34.9 Å². The predicted octanol–water partition coefficient (Wildman–Crippen LogP) is 2.77. The number of fused-ring (bicyclic) bond motifs is 1. The molecule has 7 heteroatoms. The van der Waals surface area contributed by atoms with Crippen molar-refractivity contribution in [3.8, 4) is 0 Å². The molecule has 0 spiro atoms. The van der Waals surface area contributed by atoms with Gasteiger partial charge in [-0.25, -0.2) is 4.98 Å². The molecule has 3 aromatic rings. The zero-order valence-corrected chi connectivity index (χ0v) is 15.6. The van der Waals surface area contributed by atoms with E-state index in [0.717, 1.165) is 41.8 Å². The van der Waals surface area contributed by atoms with Crippen LogP contribution in [0.5, 0.6) is 0 Å². The third-order valence-electron chi connectivity index (χ3n) is 5.00. The molecule has 7 nitrogen and oxygen atoms in total. The van der Waals surface area contributed by atoms with E-state index in [2.05, 4.69) is 25.3 Å². The van der Waals surface area contributed by atoms with Crippen LogP contribution in [0.25, 0.3) is 11.1 Å². The van der Waals surface area contributed by atoms with E-state index < -0.39 is 0 Å². The first-order valence-electron chi connectivity index (χ1n) is 9.29. The summed E-state index contributed by atoms with van der Waals surface area (Å²) in [4.78, 5) is 23.8. The van der Waals surface area contributed by atoms with E-state index in [1.54, 1.807) is 0 Å². The van der Waals surface area contributed by atoms with Crippen LogP contribution in [0.1, 0.15) is 29.9 Å². The second kappa shape index (κ2) is 7.34. The minimum Gasteiger partial charge on any atom is -0.355 e. The summed E-state index contributed by atoms with van der Waals surface area (Å²) in [6.45, 7) is 5.78. The van der Waals surface area contributed by atoms with Crippen molar-refractivity contribution in [1.82, 2.24) is 20.4 Å². The predicted molar refractivity (Wildman–Crippen MR) is 102 cm³/mol. The molecule has 3 heterocycles. The van der Waals surface area contributed by atoms with Crippen molar-refractivity contribution in [3.63, 3.8) is 0 Å². The van der Waals surface area contributed by atoms with Gasteiger partial charge in [-0.1, -0.05) is 35.5 Å². The minimum atomic E-state index is -0.0621. The Morgan fingerprint density at radius 3 is 2.89 bits per heavy atom. The molecule has 1 N–H and O–H groups in total. The lowest BCUT2D eigenvalue weighted by molar-refractivity contribution is -0.125. The molecule has 1 fully saturated rings. The molecule has 1 aliphatic heterocycles. The average molecular weight is 365 g/mol. The number of piperidine rings is 1. The first-order chi connectivity index (χ1) is 13.1. The van der Waals surface area contributed by atoms with Crippen LogP contribution in [0, 0.1) is 19.8 Å². The number of hydrogen-bond donors (Lipinski definition) is 1. The summed E-state index contributed by atoms with van der Waals surface area (Å²) in [7, 11) is 0. The van der Waals surface area contributed by atoms with Gasteiger partial charge >= 0.3 is 0 Å². The molecule has 1 aliphatic rings. The van der Waals surface area contributed by atoms with E-state index in [1.165, 1.54) is 0 Å². The number of aryl methyl sites for hydroxylation is 2. The topological polar surface area (TPSA) is 84.2 Å². The molecule has 1 amide bonds. The van der Waals surface area contributed by atoms with Crippen molar-refractivity contribution < 1.29 is 9.32 Å². The monoisotopic (exact) mass is 365 g/mol. The highest BCUT2D eigenvalue weighted by Gasteiger charge is 2.28. The standard InChI is InChI=1S/C20H23N5O2/c1-13-17-18(22-14(2)23-20(17)27-24-13)25-10-6-9-16(12-25)19(26)21-11-15-7-4-3-5-8-15/h3-5,7-8,16H,6,9-12H2,1-2H3,(H,21,26)/t16-/m0/s1. The normalized spacial score (nSPS) is 17.3. The smallest absolute Gasteiger partial charge is 0.263 e. The lowest BCUT2D eigenvalue weighted by Gasteiger charge is -2.33. The Hall–Kier alpha value is -2.96. The summed E-state index contributed by atoms with van der Waals surface area (Å²) < 4.78 is 5.32. The Morgan fingerprint density at radius 1 is 1.26 bits per heavy atom. The third-order valence-corrected chi connectivity index (χ3v) is 5.00. The minimum absolute atomic E-state index is 0.0621. The van der Waals surface area contributed by atoms with Gasteiger partial charge in [0.05, 0.1) is 11.6 Å². The lowest BCUT2D eigenvalue weighted by Crippen LogP contribution is -2.43. The van der Waals surface area contributed by atoms with E-state index in [9.17, 15) is 4.79 Å². The van der Waals surface area contributed by atoms with Crippen molar-refractivity contribution in [2.24, 2.45) is 5.92 Å². The number of anilines is 1. The van der Waals surface area contributed by atoms with E-state index in [4.69, 9.17) is 4.52 Å². The number of rotatable bonds is 4. The van der Waals surface area contributed by atoms with E-state index in [-0.39, 0.29) is 11.8 Å². The number of carbonyl (C=O) groups is 1. The highest BCUT2D eigenvalue weighted by molar-refractivity contribution is 5.88. The highest BCUT2D eigenvalue weighted by Crippen LogP contribution is 2.30. The molecule has 0 unspecified atom stereocenters. The van der Waals surface area contributed by atoms with Crippen molar-refractivity contribution >= 4 is 22.8 Å². The van der Waals surface area contributed by atoms with Crippen LogP contribution in [0.3, 0.4) is 0 Å². The van der Waals surface area contributed by atoms with Gasteiger partial charge in [-0.3, -0.25) is 4.79 Å². The maximum absolute atomic E-state index is 12.7. The fraction of sp³-hybridized carbons (Fsp3) is 0.400. The molecule has 1 saturated heterocycles.